The second kappa shape index (κ2) is 18.0. The molecule has 0 bridgehead atoms. The van der Waals surface area contributed by atoms with Crippen LogP contribution in [0.1, 0.15) is 123 Å². The monoisotopic (exact) mass is 298 g/mol. The lowest BCUT2D eigenvalue weighted by Gasteiger charge is -2.10. The summed E-state index contributed by atoms with van der Waals surface area (Å²) in [5, 5.41) is 9.96. The van der Waals surface area contributed by atoms with Crippen LogP contribution < -0.4 is 0 Å². The molecule has 0 saturated carbocycles. The summed E-state index contributed by atoms with van der Waals surface area (Å²) in [6, 6.07) is 0. The van der Waals surface area contributed by atoms with Gasteiger partial charge in [0.05, 0.1) is 6.10 Å². The molecular formula is C20H42O. The van der Waals surface area contributed by atoms with Crippen molar-refractivity contribution in [3.05, 3.63) is 0 Å². The average Bonchev–Trinajstić information content (AvgIpc) is 2.49. The Labute approximate surface area is 134 Å². The lowest BCUT2D eigenvalue weighted by Crippen LogP contribution is -2.05. The minimum Gasteiger partial charge on any atom is -0.393 e. The summed E-state index contributed by atoms with van der Waals surface area (Å²) in [7, 11) is 0. The number of hydrogen-bond acceptors (Lipinski definition) is 1. The van der Waals surface area contributed by atoms with Crippen LogP contribution in [0.4, 0.5) is 0 Å². The highest BCUT2D eigenvalue weighted by Gasteiger charge is 2.03. The first-order valence-electron chi connectivity index (χ1n) is 9.99. The Morgan fingerprint density at radius 2 is 0.762 bits per heavy atom. The molecule has 0 aromatic carbocycles. The lowest BCUT2D eigenvalue weighted by atomic mass is 10.0. The molecule has 0 aliphatic carbocycles. The maximum atomic E-state index is 9.96. The molecule has 0 fully saturated rings. The molecule has 0 unspecified atom stereocenters. The Balaban J connectivity index is 3.11. The number of hydrogen-bond donors (Lipinski definition) is 1. The highest BCUT2D eigenvalue weighted by atomic mass is 16.3. The van der Waals surface area contributed by atoms with Gasteiger partial charge in [0.1, 0.15) is 0 Å². The number of aliphatic hydroxyl groups is 1. The zero-order valence-corrected chi connectivity index (χ0v) is 15.0. The second-order valence-corrected chi connectivity index (χ2v) is 6.83. The fourth-order valence-corrected chi connectivity index (χ4v) is 3.00. The van der Waals surface area contributed by atoms with Crippen molar-refractivity contribution in [3.63, 3.8) is 0 Å². The summed E-state index contributed by atoms with van der Waals surface area (Å²) in [4.78, 5) is 0. The van der Waals surface area contributed by atoms with Crippen molar-refractivity contribution in [1.82, 2.24) is 0 Å². The van der Waals surface area contributed by atoms with Gasteiger partial charge < -0.3 is 5.11 Å². The van der Waals surface area contributed by atoms with Crippen LogP contribution in [-0.2, 0) is 0 Å². The van der Waals surface area contributed by atoms with Crippen molar-refractivity contribution >= 4 is 0 Å². The predicted molar refractivity (Wildman–Crippen MR) is 95.8 cm³/mol. The molecular weight excluding hydrogens is 256 g/mol. The number of rotatable bonds is 17. The van der Waals surface area contributed by atoms with E-state index < -0.39 is 0 Å². The van der Waals surface area contributed by atoms with Gasteiger partial charge in [0.25, 0.3) is 0 Å². The van der Waals surface area contributed by atoms with Crippen LogP contribution in [0, 0.1) is 0 Å². The summed E-state index contributed by atoms with van der Waals surface area (Å²) in [6.07, 6.45) is 22.3. The maximum absolute atomic E-state index is 9.96. The molecule has 0 amide bonds. The van der Waals surface area contributed by atoms with E-state index in [9.17, 15) is 5.11 Å². The third-order valence-corrected chi connectivity index (χ3v) is 4.53. The topological polar surface area (TPSA) is 20.2 Å². The van der Waals surface area contributed by atoms with Gasteiger partial charge in [-0.15, -0.1) is 0 Å². The molecule has 0 spiro atoms. The summed E-state index contributed by atoms with van der Waals surface area (Å²) >= 11 is 0. The highest BCUT2D eigenvalue weighted by molar-refractivity contribution is 4.57. The molecule has 21 heavy (non-hydrogen) atoms. The number of aliphatic hydroxyl groups excluding tert-OH is 1. The zero-order chi connectivity index (χ0) is 15.6. The van der Waals surface area contributed by atoms with E-state index in [1.807, 2.05) is 0 Å². The van der Waals surface area contributed by atoms with Gasteiger partial charge in [0.15, 0.2) is 0 Å². The Hall–Kier alpha value is -0.0400. The SMILES string of the molecule is CCCCCCCCCC[C@@H](O)CCCCCCCCC. The average molecular weight is 299 g/mol. The van der Waals surface area contributed by atoms with Crippen molar-refractivity contribution in [2.75, 3.05) is 0 Å². The van der Waals surface area contributed by atoms with E-state index in [1.165, 1.54) is 96.3 Å². The van der Waals surface area contributed by atoms with Crippen molar-refractivity contribution in [3.8, 4) is 0 Å². The van der Waals surface area contributed by atoms with Crippen LogP contribution in [-0.4, -0.2) is 11.2 Å². The molecule has 0 radical (unpaired) electrons. The molecule has 128 valence electrons. The molecule has 0 rings (SSSR count). The van der Waals surface area contributed by atoms with Gasteiger partial charge in [0.2, 0.25) is 0 Å². The minimum absolute atomic E-state index is 0.0271. The van der Waals surface area contributed by atoms with Crippen molar-refractivity contribution in [2.45, 2.75) is 129 Å². The van der Waals surface area contributed by atoms with Crippen LogP contribution in [0.2, 0.25) is 0 Å². The largest absolute Gasteiger partial charge is 0.393 e. The van der Waals surface area contributed by atoms with Gasteiger partial charge in [0, 0.05) is 0 Å². The van der Waals surface area contributed by atoms with Gasteiger partial charge in [-0.3, -0.25) is 0 Å². The molecule has 0 aromatic rings. The summed E-state index contributed by atoms with van der Waals surface area (Å²) in [5.41, 5.74) is 0. The molecule has 1 heteroatoms. The first-order valence-corrected chi connectivity index (χ1v) is 9.99. The second-order valence-electron chi connectivity index (χ2n) is 6.83. The van der Waals surface area contributed by atoms with E-state index in [0.29, 0.717) is 0 Å². The minimum atomic E-state index is -0.0271. The number of unbranched alkanes of at least 4 members (excludes halogenated alkanes) is 13. The van der Waals surface area contributed by atoms with Gasteiger partial charge in [-0.1, -0.05) is 110 Å². The fraction of sp³-hybridized carbons (Fsp3) is 1.00. The van der Waals surface area contributed by atoms with Gasteiger partial charge in [-0.25, -0.2) is 0 Å². The Kier molecular flexibility index (Phi) is 18.0. The summed E-state index contributed by atoms with van der Waals surface area (Å²) < 4.78 is 0. The van der Waals surface area contributed by atoms with Crippen molar-refractivity contribution in [1.29, 1.82) is 0 Å². The van der Waals surface area contributed by atoms with E-state index in [0.717, 1.165) is 12.8 Å². The molecule has 0 heterocycles. The van der Waals surface area contributed by atoms with Crippen molar-refractivity contribution < 1.29 is 5.11 Å². The molecule has 1 N–H and O–H groups in total. The van der Waals surface area contributed by atoms with Crippen LogP contribution in [0.5, 0.6) is 0 Å². The first-order chi connectivity index (χ1) is 10.3. The smallest absolute Gasteiger partial charge is 0.0540 e. The molecule has 0 saturated heterocycles. The lowest BCUT2D eigenvalue weighted by molar-refractivity contribution is 0.147. The van der Waals surface area contributed by atoms with Crippen LogP contribution in [0.3, 0.4) is 0 Å². The Morgan fingerprint density at radius 1 is 0.476 bits per heavy atom. The fourth-order valence-electron chi connectivity index (χ4n) is 3.00. The summed E-state index contributed by atoms with van der Waals surface area (Å²) in [6.45, 7) is 4.54. The molecule has 1 atom stereocenters. The predicted octanol–water partition coefficient (Wildman–Crippen LogP) is 7.02. The molecule has 0 aromatic heterocycles. The van der Waals surface area contributed by atoms with E-state index in [-0.39, 0.29) is 6.10 Å². The third kappa shape index (κ3) is 17.9. The van der Waals surface area contributed by atoms with Crippen LogP contribution in [0.25, 0.3) is 0 Å². The third-order valence-electron chi connectivity index (χ3n) is 4.53. The normalized spacial score (nSPS) is 12.7. The van der Waals surface area contributed by atoms with Gasteiger partial charge >= 0.3 is 0 Å². The van der Waals surface area contributed by atoms with Crippen molar-refractivity contribution in [2.24, 2.45) is 0 Å². The van der Waals surface area contributed by atoms with E-state index in [4.69, 9.17) is 0 Å². The van der Waals surface area contributed by atoms with Crippen LogP contribution in [0.15, 0.2) is 0 Å². The van der Waals surface area contributed by atoms with Gasteiger partial charge in [-0.2, -0.15) is 0 Å². The van der Waals surface area contributed by atoms with E-state index >= 15 is 0 Å². The standard InChI is InChI=1S/C20H42O/c1-3-5-7-9-11-13-15-17-19-20(21)18-16-14-12-10-8-6-4-2/h20-21H,3-19H2,1-2H3/t20-/m0/s1. The molecule has 0 aliphatic heterocycles. The highest BCUT2D eigenvalue weighted by Crippen LogP contribution is 2.14. The first kappa shape index (κ1) is 21.0. The molecule has 1 nitrogen and oxygen atoms in total. The van der Waals surface area contributed by atoms with E-state index in [2.05, 4.69) is 13.8 Å². The zero-order valence-electron chi connectivity index (χ0n) is 15.0. The quantitative estimate of drug-likeness (QED) is 0.286. The Morgan fingerprint density at radius 3 is 1.10 bits per heavy atom. The Bertz CT molecular complexity index is 179. The maximum Gasteiger partial charge on any atom is 0.0540 e. The van der Waals surface area contributed by atoms with Crippen LogP contribution >= 0.6 is 0 Å². The summed E-state index contributed by atoms with van der Waals surface area (Å²) in [5.74, 6) is 0. The van der Waals surface area contributed by atoms with Gasteiger partial charge in [-0.05, 0) is 12.8 Å². The van der Waals surface area contributed by atoms with E-state index in [1.54, 1.807) is 0 Å². The molecule has 0 aliphatic rings.